The van der Waals surface area contributed by atoms with Gasteiger partial charge in [0.2, 0.25) is 4.96 Å². The van der Waals surface area contributed by atoms with Gasteiger partial charge in [-0.15, -0.1) is 10.2 Å². The number of hydrogen-bond acceptors (Lipinski definition) is 7. The molecule has 0 unspecified atom stereocenters. The Hall–Kier alpha value is -3.46. The molecular weight excluding hydrogens is 390 g/mol. The summed E-state index contributed by atoms with van der Waals surface area (Å²) >= 11 is 1.45. The number of amides is 1. The number of hydrogen-bond donors (Lipinski definition) is 1. The van der Waals surface area contributed by atoms with Crippen molar-refractivity contribution in [1.29, 1.82) is 0 Å². The Morgan fingerprint density at radius 2 is 1.83 bits per heavy atom. The van der Waals surface area contributed by atoms with Crippen LogP contribution in [0, 0.1) is 0 Å². The average molecular weight is 409 g/mol. The molecule has 0 aliphatic carbocycles. The fourth-order valence-electron chi connectivity index (χ4n) is 2.99. The highest BCUT2D eigenvalue weighted by Crippen LogP contribution is 2.31. The van der Waals surface area contributed by atoms with Crippen LogP contribution in [-0.4, -0.2) is 39.9 Å². The average Bonchev–Trinajstić information content (AvgIpc) is 3.34. The summed E-state index contributed by atoms with van der Waals surface area (Å²) in [5.41, 5.74) is 1.86. The minimum atomic E-state index is -0.317. The fraction of sp³-hybridized carbons (Fsp3) is 0.200. The molecule has 2 aromatic carbocycles. The van der Waals surface area contributed by atoms with E-state index < -0.39 is 0 Å². The second-order valence-electron chi connectivity index (χ2n) is 6.14. The van der Waals surface area contributed by atoms with Crippen molar-refractivity contribution in [3.05, 3.63) is 53.9 Å². The number of rotatable bonds is 6. The summed E-state index contributed by atoms with van der Waals surface area (Å²) in [7, 11) is 3.04. The molecule has 148 valence electrons. The van der Waals surface area contributed by atoms with Crippen LogP contribution in [0.25, 0.3) is 15.5 Å². The van der Waals surface area contributed by atoms with E-state index in [1.807, 2.05) is 31.2 Å². The zero-order valence-corrected chi connectivity index (χ0v) is 17.0. The predicted octanol–water partition coefficient (Wildman–Crippen LogP) is 3.68. The molecule has 0 radical (unpaired) electrons. The van der Waals surface area contributed by atoms with Gasteiger partial charge in [-0.3, -0.25) is 4.79 Å². The number of benzene rings is 2. The van der Waals surface area contributed by atoms with Gasteiger partial charge in [-0.2, -0.15) is 9.61 Å². The van der Waals surface area contributed by atoms with Crippen LogP contribution in [0.2, 0.25) is 0 Å². The third-order valence-corrected chi connectivity index (χ3v) is 5.34. The molecule has 4 aromatic rings. The minimum Gasteiger partial charge on any atom is -0.496 e. The van der Waals surface area contributed by atoms with E-state index in [2.05, 4.69) is 20.6 Å². The second-order valence-corrected chi connectivity index (χ2v) is 7.10. The number of anilines is 1. The first-order chi connectivity index (χ1) is 14.1. The maximum absolute atomic E-state index is 12.9. The zero-order chi connectivity index (χ0) is 20.4. The maximum atomic E-state index is 12.9. The largest absolute Gasteiger partial charge is 0.496 e. The third kappa shape index (κ3) is 3.52. The Balaban J connectivity index is 1.64. The molecule has 0 bridgehead atoms. The molecule has 0 aliphatic heterocycles. The summed E-state index contributed by atoms with van der Waals surface area (Å²) in [5, 5.41) is 16.6. The van der Waals surface area contributed by atoms with Crippen LogP contribution < -0.4 is 14.8 Å². The Kier molecular flexibility index (Phi) is 5.13. The topological polar surface area (TPSA) is 90.6 Å². The van der Waals surface area contributed by atoms with Crippen molar-refractivity contribution in [3.8, 4) is 22.1 Å². The highest BCUT2D eigenvalue weighted by Gasteiger charge is 2.19. The summed E-state index contributed by atoms with van der Waals surface area (Å²) in [6.45, 7) is 2.01. The van der Waals surface area contributed by atoms with E-state index in [0.29, 0.717) is 22.7 Å². The molecule has 0 spiro atoms. The lowest BCUT2D eigenvalue weighted by atomic mass is 10.1. The van der Waals surface area contributed by atoms with Gasteiger partial charge in [0.05, 0.1) is 14.2 Å². The van der Waals surface area contributed by atoms with Crippen LogP contribution in [-0.2, 0) is 6.42 Å². The number of carbonyl (C=O) groups is 1. The fourth-order valence-corrected chi connectivity index (χ4v) is 3.85. The van der Waals surface area contributed by atoms with Gasteiger partial charge in [-0.05, 0) is 24.3 Å². The van der Waals surface area contributed by atoms with Gasteiger partial charge in [0.15, 0.2) is 5.82 Å². The first-order valence-corrected chi connectivity index (χ1v) is 9.80. The van der Waals surface area contributed by atoms with Gasteiger partial charge in [-0.1, -0.05) is 36.5 Å². The smallest absolute Gasteiger partial charge is 0.263 e. The molecule has 1 amide bonds. The SMILES string of the molecule is CCc1nnc2sc(-c3cccc(NC(=O)c4c(OC)cccc4OC)c3)nn12. The van der Waals surface area contributed by atoms with Crippen LogP contribution in [0.15, 0.2) is 42.5 Å². The molecule has 4 rings (SSSR count). The standard InChI is InChI=1S/C20H19N5O3S/c1-4-16-22-23-20-25(16)24-19(29-20)12-7-5-8-13(11-12)21-18(26)17-14(27-2)9-6-10-15(17)28-3/h5-11H,4H2,1-3H3,(H,21,26). The Labute approximate surface area is 171 Å². The van der Waals surface area contributed by atoms with Crippen molar-refractivity contribution in [3.63, 3.8) is 0 Å². The predicted molar refractivity (Wildman–Crippen MR) is 111 cm³/mol. The molecule has 8 nitrogen and oxygen atoms in total. The maximum Gasteiger partial charge on any atom is 0.263 e. The van der Waals surface area contributed by atoms with Crippen molar-refractivity contribution >= 4 is 27.9 Å². The summed E-state index contributed by atoms with van der Waals surface area (Å²) in [6.07, 6.45) is 0.751. The van der Waals surface area contributed by atoms with Crippen LogP contribution in [0.3, 0.4) is 0 Å². The number of fused-ring (bicyclic) bond motifs is 1. The summed E-state index contributed by atoms with van der Waals surface area (Å²) in [4.78, 5) is 13.6. The Morgan fingerprint density at radius 1 is 1.10 bits per heavy atom. The second kappa shape index (κ2) is 7.88. The molecule has 1 N–H and O–H groups in total. The molecule has 0 fully saturated rings. The van der Waals surface area contributed by atoms with Crippen molar-refractivity contribution in [1.82, 2.24) is 19.8 Å². The van der Waals surface area contributed by atoms with Gasteiger partial charge in [0, 0.05) is 17.7 Å². The number of nitrogens with one attached hydrogen (secondary N) is 1. The van der Waals surface area contributed by atoms with Crippen LogP contribution >= 0.6 is 11.3 Å². The number of methoxy groups -OCH3 is 2. The normalized spacial score (nSPS) is 10.9. The van der Waals surface area contributed by atoms with Crippen LogP contribution in [0.5, 0.6) is 11.5 Å². The van der Waals surface area contributed by atoms with Gasteiger partial charge in [0.25, 0.3) is 5.91 Å². The molecule has 2 heterocycles. The van der Waals surface area contributed by atoms with E-state index in [0.717, 1.165) is 27.8 Å². The van der Waals surface area contributed by atoms with Gasteiger partial charge in [0.1, 0.15) is 22.1 Å². The zero-order valence-electron chi connectivity index (χ0n) is 16.2. The summed E-state index contributed by atoms with van der Waals surface area (Å²) < 4.78 is 12.4. The molecule has 0 aliphatic rings. The lowest BCUT2D eigenvalue weighted by Gasteiger charge is -2.13. The third-order valence-electron chi connectivity index (χ3n) is 4.39. The first kappa shape index (κ1) is 18.9. The van der Waals surface area contributed by atoms with Crippen molar-refractivity contribution in [2.75, 3.05) is 19.5 Å². The van der Waals surface area contributed by atoms with Crippen LogP contribution in [0.1, 0.15) is 23.1 Å². The molecular formula is C20H19N5O3S. The molecule has 0 atom stereocenters. The van der Waals surface area contributed by atoms with E-state index in [1.54, 1.807) is 22.7 Å². The number of ether oxygens (including phenoxy) is 2. The highest BCUT2D eigenvalue weighted by molar-refractivity contribution is 7.19. The van der Waals surface area contributed by atoms with Crippen molar-refractivity contribution < 1.29 is 14.3 Å². The van der Waals surface area contributed by atoms with Crippen molar-refractivity contribution in [2.45, 2.75) is 13.3 Å². The molecule has 29 heavy (non-hydrogen) atoms. The summed E-state index contributed by atoms with van der Waals surface area (Å²) in [6, 6.07) is 12.7. The van der Waals surface area contributed by atoms with Crippen molar-refractivity contribution in [2.24, 2.45) is 0 Å². The molecule has 2 aromatic heterocycles. The number of nitrogens with zero attached hydrogens (tertiary/aromatic N) is 4. The van der Waals surface area contributed by atoms with E-state index in [-0.39, 0.29) is 5.91 Å². The minimum absolute atomic E-state index is 0.317. The van der Waals surface area contributed by atoms with Gasteiger partial charge >= 0.3 is 0 Å². The van der Waals surface area contributed by atoms with E-state index in [1.165, 1.54) is 25.6 Å². The Bertz CT molecular complexity index is 1160. The lowest BCUT2D eigenvalue weighted by molar-refractivity contribution is 0.102. The Morgan fingerprint density at radius 3 is 2.52 bits per heavy atom. The highest BCUT2D eigenvalue weighted by atomic mass is 32.1. The molecule has 9 heteroatoms. The molecule has 0 saturated heterocycles. The monoisotopic (exact) mass is 409 g/mol. The number of carbonyl (C=O) groups excluding carboxylic acids is 1. The van der Waals surface area contributed by atoms with E-state index in [4.69, 9.17) is 9.47 Å². The van der Waals surface area contributed by atoms with Gasteiger partial charge < -0.3 is 14.8 Å². The number of aryl methyl sites for hydroxylation is 1. The quantitative estimate of drug-likeness (QED) is 0.522. The van der Waals surface area contributed by atoms with E-state index in [9.17, 15) is 4.79 Å². The van der Waals surface area contributed by atoms with Gasteiger partial charge in [-0.25, -0.2) is 0 Å². The molecule has 0 saturated carbocycles. The summed E-state index contributed by atoms with van der Waals surface area (Å²) in [5.74, 6) is 1.38. The first-order valence-electron chi connectivity index (χ1n) is 8.98. The lowest BCUT2D eigenvalue weighted by Crippen LogP contribution is -2.14. The van der Waals surface area contributed by atoms with Crippen LogP contribution in [0.4, 0.5) is 5.69 Å². The van der Waals surface area contributed by atoms with E-state index >= 15 is 0 Å². The number of aromatic nitrogens is 4.